The summed E-state index contributed by atoms with van der Waals surface area (Å²) in [4.78, 5) is 10.7. The van der Waals surface area contributed by atoms with E-state index in [-0.39, 0.29) is 16.9 Å². The number of carboxylic acid groups (broad SMARTS) is 1. The Labute approximate surface area is 106 Å². The molecular weight excluding hydrogens is 254 g/mol. The first-order chi connectivity index (χ1) is 8.40. The fourth-order valence-corrected chi connectivity index (χ4v) is 3.28. The highest BCUT2D eigenvalue weighted by Gasteiger charge is 2.36. The van der Waals surface area contributed by atoms with Gasteiger partial charge < -0.3 is 5.11 Å². The van der Waals surface area contributed by atoms with Crippen molar-refractivity contribution in [1.82, 2.24) is 4.72 Å². The second kappa shape index (κ2) is 4.70. The zero-order valence-electron chi connectivity index (χ0n) is 9.96. The van der Waals surface area contributed by atoms with Crippen LogP contribution in [0, 0.1) is 0 Å². The molecule has 0 saturated heterocycles. The van der Waals surface area contributed by atoms with Crippen molar-refractivity contribution in [3.63, 3.8) is 0 Å². The van der Waals surface area contributed by atoms with Gasteiger partial charge in [0, 0.05) is 6.04 Å². The largest absolute Gasteiger partial charge is 0.478 e. The van der Waals surface area contributed by atoms with Crippen molar-refractivity contribution in [1.29, 1.82) is 0 Å². The molecule has 0 heterocycles. The quantitative estimate of drug-likeness (QED) is 0.849. The van der Waals surface area contributed by atoms with E-state index in [1.807, 2.05) is 0 Å². The maximum Gasteiger partial charge on any atom is 0.335 e. The average molecular weight is 269 g/mol. The molecule has 0 aliphatic heterocycles. The molecule has 1 aliphatic carbocycles. The standard InChI is InChI=1S/C12H15NO4S/c1-8(13-18(16,17)11-6-7-11)9-2-4-10(5-3-9)12(14)15/h2-5,8,11,13H,6-7H2,1H3,(H,14,15)/t8-/m0/s1. The number of carbonyl (C=O) groups is 1. The summed E-state index contributed by atoms with van der Waals surface area (Å²) in [6.45, 7) is 1.75. The Hall–Kier alpha value is -1.40. The summed E-state index contributed by atoms with van der Waals surface area (Å²) in [5.74, 6) is -0.993. The van der Waals surface area contributed by atoms with Gasteiger partial charge in [0.15, 0.2) is 0 Å². The van der Waals surface area contributed by atoms with Crippen molar-refractivity contribution in [2.45, 2.75) is 31.1 Å². The Bertz CT molecular complexity index is 546. The van der Waals surface area contributed by atoms with Crippen LogP contribution in [0.4, 0.5) is 0 Å². The number of sulfonamides is 1. The zero-order valence-corrected chi connectivity index (χ0v) is 10.8. The minimum Gasteiger partial charge on any atom is -0.478 e. The fraction of sp³-hybridized carbons (Fsp3) is 0.417. The van der Waals surface area contributed by atoms with Crippen LogP contribution < -0.4 is 4.72 Å². The zero-order chi connectivity index (χ0) is 13.3. The van der Waals surface area contributed by atoms with Crippen molar-refractivity contribution in [3.8, 4) is 0 Å². The highest BCUT2D eigenvalue weighted by atomic mass is 32.2. The van der Waals surface area contributed by atoms with Crippen molar-refractivity contribution < 1.29 is 18.3 Å². The average Bonchev–Trinajstić information content (AvgIpc) is 3.12. The van der Waals surface area contributed by atoms with Crippen LogP contribution in [0.25, 0.3) is 0 Å². The number of hydrogen-bond acceptors (Lipinski definition) is 3. The number of rotatable bonds is 5. The summed E-state index contributed by atoms with van der Waals surface area (Å²) in [5.41, 5.74) is 0.945. The molecule has 2 N–H and O–H groups in total. The van der Waals surface area contributed by atoms with Gasteiger partial charge >= 0.3 is 5.97 Å². The lowest BCUT2D eigenvalue weighted by atomic mass is 10.1. The lowest BCUT2D eigenvalue weighted by Crippen LogP contribution is -2.29. The maximum absolute atomic E-state index is 11.7. The molecule has 0 bridgehead atoms. The third-order valence-corrected chi connectivity index (χ3v) is 4.99. The molecule has 0 spiro atoms. The highest BCUT2D eigenvalue weighted by molar-refractivity contribution is 7.90. The summed E-state index contributed by atoms with van der Waals surface area (Å²) < 4.78 is 26.1. The van der Waals surface area contributed by atoms with Crippen LogP contribution in [0.15, 0.2) is 24.3 Å². The van der Waals surface area contributed by atoms with E-state index in [1.54, 1.807) is 19.1 Å². The third-order valence-electron chi connectivity index (χ3n) is 2.96. The monoisotopic (exact) mass is 269 g/mol. The Morgan fingerprint density at radius 1 is 1.33 bits per heavy atom. The van der Waals surface area contributed by atoms with Gasteiger partial charge in [-0.15, -0.1) is 0 Å². The lowest BCUT2D eigenvalue weighted by Gasteiger charge is -2.14. The Kier molecular flexibility index (Phi) is 3.41. The predicted molar refractivity (Wildman–Crippen MR) is 66.9 cm³/mol. The molecule has 1 fully saturated rings. The van der Waals surface area contributed by atoms with E-state index >= 15 is 0 Å². The van der Waals surface area contributed by atoms with Gasteiger partial charge in [0.2, 0.25) is 10.0 Å². The number of hydrogen-bond donors (Lipinski definition) is 2. The van der Waals surface area contributed by atoms with Crippen molar-refractivity contribution >= 4 is 16.0 Å². The van der Waals surface area contributed by atoms with Gasteiger partial charge in [0.1, 0.15) is 0 Å². The van der Waals surface area contributed by atoms with E-state index in [0.29, 0.717) is 0 Å². The smallest absolute Gasteiger partial charge is 0.335 e. The van der Waals surface area contributed by atoms with Crippen LogP contribution in [0.5, 0.6) is 0 Å². The van der Waals surface area contributed by atoms with Crippen LogP contribution in [-0.4, -0.2) is 24.7 Å². The van der Waals surface area contributed by atoms with Gasteiger partial charge in [0.25, 0.3) is 0 Å². The molecule has 1 aliphatic rings. The molecule has 2 rings (SSSR count). The topological polar surface area (TPSA) is 83.5 Å². The molecule has 0 radical (unpaired) electrons. The molecule has 0 unspecified atom stereocenters. The molecule has 6 heteroatoms. The van der Waals surface area contributed by atoms with E-state index in [0.717, 1.165) is 18.4 Å². The van der Waals surface area contributed by atoms with Crippen molar-refractivity contribution in [3.05, 3.63) is 35.4 Å². The molecule has 1 aromatic carbocycles. The number of carboxylic acids is 1. The fourth-order valence-electron chi connectivity index (χ4n) is 1.70. The Morgan fingerprint density at radius 3 is 2.33 bits per heavy atom. The first-order valence-corrected chi connectivity index (χ1v) is 7.29. The van der Waals surface area contributed by atoms with Crippen LogP contribution in [0.3, 0.4) is 0 Å². The molecular formula is C12H15NO4S. The molecule has 5 nitrogen and oxygen atoms in total. The molecule has 98 valence electrons. The second-order valence-corrected chi connectivity index (χ2v) is 6.50. The third kappa shape index (κ3) is 2.88. The van der Waals surface area contributed by atoms with Crippen molar-refractivity contribution in [2.75, 3.05) is 0 Å². The lowest BCUT2D eigenvalue weighted by molar-refractivity contribution is 0.0697. The van der Waals surface area contributed by atoms with Gasteiger partial charge in [-0.2, -0.15) is 0 Å². The summed E-state index contributed by atoms with van der Waals surface area (Å²) in [6.07, 6.45) is 1.44. The molecule has 18 heavy (non-hydrogen) atoms. The summed E-state index contributed by atoms with van der Waals surface area (Å²) in [6, 6.07) is 5.85. The van der Waals surface area contributed by atoms with E-state index in [1.165, 1.54) is 12.1 Å². The van der Waals surface area contributed by atoms with E-state index < -0.39 is 16.0 Å². The molecule has 0 aromatic heterocycles. The SMILES string of the molecule is C[C@H](NS(=O)(=O)C1CC1)c1ccc(C(=O)O)cc1. The van der Waals surface area contributed by atoms with Crippen molar-refractivity contribution in [2.24, 2.45) is 0 Å². The van der Waals surface area contributed by atoms with Crippen LogP contribution in [0.2, 0.25) is 0 Å². The molecule has 1 aromatic rings. The Balaban J connectivity index is 2.09. The number of nitrogens with one attached hydrogen (secondary N) is 1. The first kappa shape index (κ1) is 13.0. The van der Waals surface area contributed by atoms with Crippen LogP contribution in [0.1, 0.15) is 41.7 Å². The molecule has 1 atom stereocenters. The van der Waals surface area contributed by atoms with E-state index in [4.69, 9.17) is 5.11 Å². The van der Waals surface area contributed by atoms with Gasteiger partial charge in [-0.25, -0.2) is 17.9 Å². The highest BCUT2D eigenvalue weighted by Crippen LogP contribution is 2.29. The number of aromatic carboxylic acids is 1. The Morgan fingerprint density at radius 2 is 1.89 bits per heavy atom. The first-order valence-electron chi connectivity index (χ1n) is 5.74. The van der Waals surface area contributed by atoms with E-state index in [2.05, 4.69) is 4.72 Å². The summed E-state index contributed by atoms with van der Waals surface area (Å²) in [7, 11) is -3.23. The minimum atomic E-state index is -3.23. The van der Waals surface area contributed by atoms with Gasteiger partial charge in [-0.05, 0) is 37.5 Å². The van der Waals surface area contributed by atoms with Gasteiger partial charge in [0.05, 0.1) is 10.8 Å². The summed E-state index contributed by atoms with van der Waals surface area (Å²) in [5, 5.41) is 8.52. The normalized spacial score (nSPS) is 17.4. The molecule has 1 saturated carbocycles. The minimum absolute atomic E-state index is 0.191. The second-order valence-electron chi connectivity index (χ2n) is 4.51. The predicted octanol–water partition coefficient (Wildman–Crippen LogP) is 1.53. The van der Waals surface area contributed by atoms with Crippen LogP contribution >= 0.6 is 0 Å². The summed E-state index contributed by atoms with van der Waals surface area (Å²) >= 11 is 0. The van der Waals surface area contributed by atoms with E-state index in [9.17, 15) is 13.2 Å². The van der Waals surface area contributed by atoms with Gasteiger partial charge in [-0.3, -0.25) is 0 Å². The maximum atomic E-state index is 11.7. The molecule has 0 amide bonds. The number of benzene rings is 1. The van der Waals surface area contributed by atoms with Gasteiger partial charge in [-0.1, -0.05) is 12.1 Å². The van der Waals surface area contributed by atoms with Crippen LogP contribution in [-0.2, 0) is 10.0 Å².